The van der Waals surface area contributed by atoms with Crippen LogP contribution in [0, 0.1) is 11.6 Å². The summed E-state index contributed by atoms with van der Waals surface area (Å²) in [6, 6.07) is 8.62. The first kappa shape index (κ1) is 26.0. The molecule has 1 atom stereocenters. The van der Waals surface area contributed by atoms with E-state index in [-0.39, 0.29) is 23.1 Å². The van der Waals surface area contributed by atoms with Crippen LogP contribution < -0.4 is 15.6 Å². The molecule has 1 fully saturated rings. The molecular formula is C26H27F2N5O4. The number of carbonyl (C=O) groups excluding carboxylic acids is 2. The smallest absolute Gasteiger partial charge is 0.255 e. The number of halogens is 2. The van der Waals surface area contributed by atoms with E-state index in [2.05, 4.69) is 15.3 Å². The van der Waals surface area contributed by atoms with E-state index >= 15 is 0 Å². The number of pyridine rings is 2. The van der Waals surface area contributed by atoms with Gasteiger partial charge in [0.05, 0.1) is 23.3 Å². The van der Waals surface area contributed by atoms with Gasteiger partial charge in [0, 0.05) is 38.0 Å². The first-order chi connectivity index (χ1) is 17.5. The molecule has 194 valence electrons. The third-order valence-corrected chi connectivity index (χ3v) is 6.25. The fourth-order valence-electron chi connectivity index (χ4n) is 4.19. The highest BCUT2D eigenvalue weighted by Crippen LogP contribution is 2.26. The highest BCUT2D eigenvalue weighted by atomic mass is 19.2. The van der Waals surface area contributed by atoms with Gasteiger partial charge in [-0.25, -0.2) is 13.8 Å². The molecule has 0 bridgehead atoms. The van der Waals surface area contributed by atoms with Crippen LogP contribution in [-0.4, -0.2) is 62.8 Å². The number of aromatic nitrogens is 2. The molecule has 11 heteroatoms. The van der Waals surface area contributed by atoms with E-state index < -0.39 is 23.2 Å². The summed E-state index contributed by atoms with van der Waals surface area (Å²) in [4.78, 5) is 47.7. The number of hydrogen-bond donors (Lipinski definition) is 2. The Morgan fingerprint density at radius 1 is 1.08 bits per heavy atom. The Morgan fingerprint density at radius 2 is 1.84 bits per heavy atom. The molecule has 0 radical (unpaired) electrons. The minimum atomic E-state index is -1.02. The van der Waals surface area contributed by atoms with E-state index in [0.29, 0.717) is 36.8 Å². The van der Waals surface area contributed by atoms with Crippen molar-refractivity contribution in [2.75, 3.05) is 25.0 Å². The van der Waals surface area contributed by atoms with E-state index in [0.717, 1.165) is 12.1 Å². The average molecular weight is 512 g/mol. The van der Waals surface area contributed by atoms with Crippen molar-refractivity contribution in [1.82, 2.24) is 19.8 Å². The van der Waals surface area contributed by atoms with E-state index in [1.54, 1.807) is 24.0 Å². The van der Waals surface area contributed by atoms with Crippen LogP contribution in [0.5, 0.6) is 11.5 Å². The van der Waals surface area contributed by atoms with Crippen molar-refractivity contribution in [2.45, 2.75) is 32.4 Å². The number of aromatic amines is 1. The zero-order chi connectivity index (χ0) is 26.7. The number of amides is 2. The van der Waals surface area contributed by atoms with Crippen LogP contribution in [0.25, 0.3) is 0 Å². The van der Waals surface area contributed by atoms with Crippen LogP contribution in [0.4, 0.5) is 14.6 Å². The van der Waals surface area contributed by atoms with Gasteiger partial charge in [-0.3, -0.25) is 19.3 Å². The summed E-state index contributed by atoms with van der Waals surface area (Å²) in [5, 5.41) is 2.77. The molecule has 0 saturated carbocycles. The van der Waals surface area contributed by atoms with Gasteiger partial charge in [0.25, 0.3) is 5.91 Å². The largest absolute Gasteiger partial charge is 0.456 e. The third-order valence-electron chi connectivity index (χ3n) is 6.25. The molecule has 0 aliphatic carbocycles. The molecule has 3 aromatic rings. The average Bonchev–Trinajstić information content (AvgIpc) is 2.86. The van der Waals surface area contributed by atoms with Gasteiger partial charge in [-0.05, 0) is 51.1 Å². The molecule has 37 heavy (non-hydrogen) atoms. The minimum absolute atomic E-state index is 0.117. The Balaban J connectivity index is 1.35. The fraction of sp³-hybridized carbons (Fsp3) is 0.308. The molecule has 1 aliphatic heterocycles. The number of H-pyrrole nitrogens is 1. The van der Waals surface area contributed by atoms with Crippen LogP contribution in [-0.2, 0) is 4.79 Å². The lowest BCUT2D eigenvalue weighted by atomic mass is 9.96. The van der Waals surface area contributed by atoms with E-state index in [9.17, 15) is 23.2 Å². The molecule has 1 aliphatic rings. The van der Waals surface area contributed by atoms with Crippen molar-refractivity contribution in [3.05, 3.63) is 82.4 Å². The summed E-state index contributed by atoms with van der Waals surface area (Å²) in [5.41, 5.74) is -0.438. The van der Waals surface area contributed by atoms with Gasteiger partial charge in [0.1, 0.15) is 17.3 Å². The second-order valence-electron chi connectivity index (χ2n) is 9.40. The molecule has 0 unspecified atom stereocenters. The number of anilines is 1. The number of nitrogens with zero attached hydrogens (tertiary/aromatic N) is 3. The summed E-state index contributed by atoms with van der Waals surface area (Å²) >= 11 is 0. The second-order valence-corrected chi connectivity index (χ2v) is 9.40. The molecule has 1 aromatic carbocycles. The number of piperazine rings is 1. The third kappa shape index (κ3) is 6.00. The Labute approximate surface area is 212 Å². The molecule has 9 nitrogen and oxygen atoms in total. The van der Waals surface area contributed by atoms with Gasteiger partial charge in [-0.2, -0.15) is 0 Å². The molecule has 4 rings (SSSR count). The highest BCUT2D eigenvalue weighted by molar-refractivity contribution is 5.95. The number of nitrogens with one attached hydrogen (secondary N) is 2. The normalized spacial score (nSPS) is 16.2. The molecule has 2 aromatic heterocycles. The van der Waals surface area contributed by atoms with Crippen molar-refractivity contribution in [2.24, 2.45) is 0 Å². The topological polar surface area (TPSA) is 108 Å². The van der Waals surface area contributed by atoms with Gasteiger partial charge in [0.15, 0.2) is 11.6 Å². The zero-order valence-corrected chi connectivity index (χ0v) is 20.6. The second kappa shape index (κ2) is 10.5. The van der Waals surface area contributed by atoms with Crippen LogP contribution in [0.2, 0.25) is 0 Å². The number of rotatable bonds is 6. The summed E-state index contributed by atoms with van der Waals surface area (Å²) in [6.45, 7) is 7.01. The van der Waals surface area contributed by atoms with Gasteiger partial charge >= 0.3 is 0 Å². The molecule has 2 N–H and O–H groups in total. The first-order valence-corrected chi connectivity index (χ1v) is 11.7. The predicted octanol–water partition coefficient (Wildman–Crippen LogP) is 3.40. The fourth-order valence-corrected chi connectivity index (χ4v) is 4.19. The van der Waals surface area contributed by atoms with Gasteiger partial charge in [-0.1, -0.05) is 0 Å². The lowest BCUT2D eigenvalue weighted by Gasteiger charge is -2.48. The van der Waals surface area contributed by atoms with E-state index in [1.807, 2.05) is 18.7 Å². The number of benzene rings is 1. The Kier molecular flexibility index (Phi) is 7.35. The van der Waals surface area contributed by atoms with Gasteiger partial charge in [0.2, 0.25) is 11.5 Å². The Bertz CT molecular complexity index is 1340. The summed E-state index contributed by atoms with van der Waals surface area (Å²) in [7, 11) is 0. The van der Waals surface area contributed by atoms with Crippen molar-refractivity contribution < 1.29 is 23.1 Å². The summed E-state index contributed by atoms with van der Waals surface area (Å²) in [6.07, 6.45) is 2.77. The maximum atomic E-state index is 13.4. The van der Waals surface area contributed by atoms with E-state index in [4.69, 9.17) is 4.74 Å². The maximum Gasteiger partial charge on any atom is 0.255 e. The Hall–Kier alpha value is -4.12. The quantitative estimate of drug-likeness (QED) is 0.525. The molecule has 2 amide bonds. The number of ether oxygens (including phenoxy) is 1. The first-order valence-electron chi connectivity index (χ1n) is 11.7. The van der Waals surface area contributed by atoms with Gasteiger partial charge in [-0.15, -0.1) is 0 Å². The van der Waals surface area contributed by atoms with Crippen molar-refractivity contribution in [3.63, 3.8) is 0 Å². The summed E-state index contributed by atoms with van der Waals surface area (Å²) < 4.78 is 31.9. The molecule has 1 saturated heterocycles. The SMILES string of the molecule is C[C@H](C(=O)Nc1ccc(Oc2ccc(F)c(F)c2)cn1)N1CCN(C(=O)c2ccc(=O)[nH]c2)C(C)(C)C1. The number of hydrogen-bond acceptors (Lipinski definition) is 6. The van der Waals surface area contributed by atoms with Crippen LogP contribution in [0.15, 0.2) is 59.7 Å². The lowest BCUT2D eigenvalue weighted by Crippen LogP contribution is -2.63. The van der Waals surface area contributed by atoms with Crippen LogP contribution >= 0.6 is 0 Å². The van der Waals surface area contributed by atoms with Crippen LogP contribution in [0.1, 0.15) is 31.1 Å². The lowest BCUT2D eigenvalue weighted by molar-refractivity contribution is -0.122. The van der Waals surface area contributed by atoms with Crippen molar-refractivity contribution in [3.8, 4) is 11.5 Å². The highest BCUT2D eigenvalue weighted by Gasteiger charge is 2.39. The van der Waals surface area contributed by atoms with Crippen LogP contribution in [0.3, 0.4) is 0 Å². The monoisotopic (exact) mass is 511 g/mol. The van der Waals surface area contributed by atoms with E-state index in [1.165, 1.54) is 30.6 Å². The zero-order valence-electron chi connectivity index (χ0n) is 20.6. The predicted molar refractivity (Wildman–Crippen MR) is 133 cm³/mol. The van der Waals surface area contributed by atoms with Crippen molar-refractivity contribution in [1.29, 1.82) is 0 Å². The minimum Gasteiger partial charge on any atom is -0.456 e. The molecule has 3 heterocycles. The Morgan fingerprint density at radius 3 is 2.46 bits per heavy atom. The molecular weight excluding hydrogens is 484 g/mol. The molecule has 0 spiro atoms. The number of carbonyl (C=O) groups is 2. The summed E-state index contributed by atoms with van der Waals surface area (Å²) in [5.74, 6) is -1.73. The maximum absolute atomic E-state index is 13.4. The van der Waals surface area contributed by atoms with Crippen molar-refractivity contribution >= 4 is 17.6 Å². The standard InChI is InChI=1S/C26H27F2N5O4/c1-16(32-10-11-33(26(2,3)15-32)25(36)17-4-9-23(34)30-13-17)24(35)31-22-8-6-19(14-29-22)37-18-5-7-20(27)21(28)12-18/h4-9,12-14,16H,10-11,15H2,1-3H3,(H,30,34)(H,29,31,35)/t16-/m1/s1. The van der Waals surface area contributed by atoms with Gasteiger partial charge < -0.3 is 19.9 Å².